The van der Waals surface area contributed by atoms with Crippen molar-refractivity contribution < 1.29 is 0 Å². The molecule has 0 aliphatic heterocycles. The summed E-state index contributed by atoms with van der Waals surface area (Å²) in [6.07, 6.45) is 2.68. The smallest absolute Gasteiger partial charge is 0.328 e. The monoisotopic (exact) mass is 169 g/mol. The standard InChI is InChI=1S/C8H15N3O/c1-7-6-10(2)8(12)11(7)5-3-4-9/h6H,3-5,9H2,1-2H3. The molecule has 12 heavy (non-hydrogen) atoms. The zero-order valence-electron chi connectivity index (χ0n) is 7.58. The van der Waals surface area contributed by atoms with Gasteiger partial charge in [0.1, 0.15) is 0 Å². The maximum atomic E-state index is 11.4. The van der Waals surface area contributed by atoms with Gasteiger partial charge in [-0.3, -0.25) is 4.57 Å². The Morgan fingerprint density at radius 3 is 2.67 bits per heavy atom. The molecule has 0 unspecified atom stereocenters. The number of nitrogens with two attached hydrogens (primary N) is 1. The first-order valence-electron chi connectivity index (χ1n) is 4.09. The summed E-state index contributed by atoms with van der Waals surface area (Å²) in [5, 5.41) is 0. The van der Waals surface area contributed by atoms with E-state index in [1.165, 1.54) is 0 Å². The van der Waals surface area contributed by atoms with Crippen molar-refractivity contribution in [2.45, 2.75) is 19.9 Å². The number of hydrogen-bond donors (Lipinski definition) is 1. The van der Waals surface area contributed by atoms with Crippen LogP contribution in [0.5, 0.6) is 0 Å². The van der Waals surface area contributed by atoms with Crippen LogP contribution in [0.4, 0.5) is 0 Å². The summed E-state index contributed by atoms with van der Waals surface area (Å²) in [6, 6.07) is 0. The van der Waals surface area contributed by atoms with E-state index in [4.69, 9.17) is 5.73 Å². The number of imidazole rings is 1. The van der Waals surface area contributed by atoms with Crippen LogP contribution in [0.2, 0.25) is 0 Å². The predicted octanol–water partition coefficient (Wildman–Crippen LogP) is -0.156. The lowest BCUT2D eigenvalue weighted by molar-refractivity contribution is 0.605. The van der Waals surface area contributed by atoms with Gasteiger partial charge in [-0.25, -0.2) is 4.79 Å². The number of aromatic nitrogens is 2. The van der Waals surface area contributed by atoms with Gasteiger partial charge in [0.2, 0.25) is 0 Å². The van der Waals surface area contributed by atoms with Crippen molar-refractivity contribution in [3.05, 3.63) is 22.4 Å². The van der Waals surface area contributed by atoms with Gasteiger partial charge in [0.25, 0.3) is 0 Å². The minimum Gasteiger partial charge on any atom is -0.330 e. The fourth-order valence-electron chi connectivity index (χ4n) is 1.27. The minimum absolute atomic E-state index is 0.0425. The topological polar surface area (TPSA) is 53.0 Å². The molecule has 0 atom stereocenters. The van der Waals surface area contributed by atoms with Gasteiger partial charge in [0.05, 0.1) is 0 Å². The summed E-state index contributed by atoms with van der Waals surface area (Å²) < 4.78 is 3.33. The zero-order chi connectivity index (χ0) is 9.14. The SMILES string of the molecule is Cc1cn(C)c(=O)n1CCCN. The fraction of sp³-hybridized carbons (Fsp3) is 0.625. The third-order valence-electron chi connectivity index (χ3n) is 1.92. The van der Waals surface area contributed by atoms with Gasteiger partial charge >= 0.3 is 5.69 Å². The number of nitrogens with zero attached hydrogens (tertiary/aromatic N) is 2. The van der Waals surface area contributed by atoms with E-state index in [2.05, 4.69) is 0 Å². The average Bonchev–Trinajstić information content (AvgIpc) is 2.25. The Morgan fingerprint density at radius 2 is 2.25 bits per heavy atom. The van der Waals surface area contributed by atoms with Crippen molar-refractivity contribution in [2.75, 3.05) is 6.54 Å². The molecule has 4 heteroatoms. The van der Waals surface area contributed by atoms with E-state index in [1.807, 2.05) is 13.1 Å². The summed E-state index contributed by atoms with van der Waals surface area (Å²) in [6.45, 7) is 3.28. The molecule has 0 spiro atoms. The molecule has 0 fully saturated rings. The average molecular weight is 169 g/mol. The first-order chi connectivity index (χ1) is 5.66. The van der Waals surface area contributed by atoms with E-state index in [0.717, 1.165) is 18.7 Å². The summed E-state index contributed by atoms with van der Waals surface area (Å²) in [5.41, 5.74) is 6.40. The highest BCUT2D eigenvalue weighted by Crippen LogP contribution is 1.94. The zero-order valence-corrected chi connectivity index (χ0v) is 7.58. The normalized spacial score (nSPS) is 10.6. The van der Waals surface area contributed by atoms with Crippen molar-refractivity contribution in [1.82, 2.24) is 9.13 Å². The molecule has 1 heterocycles. The molecule has 1 rings (SSSR count). The lowest BCUT2D eigenvalue weighted by Gasteiger charge is -2.00. The molecule has 0 aliphatic carbocycles. The highest BCUT2D eigenvalue weighted by molar-refractivity contribution is 4.96. The van der Waals surface area contributed by atoms with Crippen molar-refractivity contribution in [3.8, 4) is 0 Å². The van der Waals surface area contributed by atoms with Gasteiger partial charge in [-0.15, -0.1) is 0 Å². The van der Waals surface area contributed by atoms with Crippen molar-refractivity contribution in [1.29, 1.82) is 0 Å². The van der Waals surface area contributed by atoms with Crippen LogP contribution in [0, 0.1) is 6.92 Å². The summed E-state index contributed by atoms with van der Waals surface area (Å²) in [5.74, 6) is 0. The van der Waals surface area contributed by atoms with Gasteiger partial charge in [0.15, 0.2) is 0 Å². The number of hydrogen-bond acceptors (Lipinski definition) is 2. The molecule has 2 N–H and O–H groups in total. The highest BCUT2D eigenvalue weighted by atomic mass is 16.1. The number of aryl methyl sites for hydroxylation is 2. The summed E-state index contributed by atoms with van der Waals surface area (Å²) in [4.78, 5) is 11.4. The van der Waals surface area contributed by atoms with Gasteiger partial charge in [-0.05, 0) is 19.9 Å². The molecule has 68 valence electrons. The van der Waals surface area contributed by atoms with Crippen molar-refractivity contribution in [3.63, 3.8) is 0 Å². The molecule has 0 aliphatic rings. The molecule has 1 aromatic rings. The second-order valence-corrected chi connectivity index (χ2v) is 2.96. The Labute approximate surface area is 71.6 Å². The van der Waals surface area contributed by atoms with Crippen LogP contribution < -0.4 is 11.4 Å². The Hall–Kier alpha value is -1.03. The van der Waals surface area contributed by atoms with Crippen LogP contribution in [0.15, 0.2) is 11.0 Å². The first-order valence-corrected chi connectivity index (χ1v) is 4.09. The molecule has 0 aromatic carbocycles. The minimum atomic E-state index is 0.0425. The van der Waals surface area contributed by atoms with Gasteiger partial charge in [0, 0.05) is 25.5 Å². The summed E-state index contributed by atoms with van der Waals surface area (Å²) in [7, 11) is 1.76. The molecule has 0 bridgehead atoms. The third kappa shape index (κ3) is 1.58. The fourth-order valence-corrected chi connectivity index (χ4v) is 1.27. The van der Waals surface area contributed by atoms with Crippen LogP contribution in [0.25, 0.3) is 0 Å². The second-order valence-electron chi connectivity index (χ2n) is 2.96. The van der Waals surface area contributed by atoms with Crippen LogP contribution in [-0.2, 0) is 13.6 Å². The predicted molar refractivity (Wildman–Crippen MR) is 48.1 cm³/mol. The van der Waals surface area contributed by atoms with E-state index >= 15 is 0 Å². The Morgan fingerprint density at radius 1 is 1.58 bits per heavy atom. The number of rotatable bonds is 3. The van der Waals surface area contributed by atoms with Gasteiger partial charge in [-0.1, -0.05) is 0 Å². The molecule has 1 aromatic heterocycles. The van der Waals surface area contributed by atoms with Crippen LogP contribution >= 0.6 is 0 Å². The van der Waals surface area contributed by atoms with Crippen LogP contribution in [-0.4, -0.2) is 15.7 Å². The summed E-state index contributed by atoms with van der Waals surface area (Å²) >= 11 is 0. The van der Waals surface area contributed by atoms with E-state index in [-0.39, 0.29) is 5.69 Å². The van der Waals surface area contributed by atoms with Crippen LogP contribution in [0.3, 0.4) is 0 Å². The molecular formula is C8H15N3O. The quantitative estimate of drug-likeness (QED) is 0.683. The first kappa shape index (κ1) is 9.06. The van der Waals surface area contributed by atoms with Crippen LogP contribution in [0.1, 0.15) is 12.1 Å². The molecule has 4 nitrogen and oxygen atoms in total. The third-order valence-corrected chi connectivity index (χ3v) is 1.92. The molecule has 0 saturated heterocycles. The van der Waals surface area contributed by atoms with Gasteiger partial charge in [-0.2, -0.15) is 0 Å². The van der Waals surface area contributed by atoms with E-state index in [9.17, 15) is 4.79 Å². The van der Waals surface area contributed by atoms with Crippen molar-refractivity contribution >= 4 is 0 Å². The van der Waals surface area contributed by atoms with E-state index in [1.54, 1.807) is 16.2 Å². The lowest BCUT2D eigenvalue weighted by atomic mass is 10.4. The highest BCUT2D eigenvalue weighted by Gasteiger charge is 2.03. The Balaban J connectivity index is 2.90. The van der Waals surface area contributed by atoms with Crippen molar-refractivity contribution in [2.24, 2.45) is 12.8 Å². The van der Waals surface area contributed by atoms with E-state index < -0.39 is 0 Å². The van der Waals surface area contributed by atoms with E-state index in [0.29, 0.717) is 6.54 Å². The maximum absolute atomic E-state index is 11.4. The molecule has 0 saturated carbocycles. The largest absolute Gasteiger partial charge is 0.330 e. The molecular weight excluding hydrogens is 154 g/mol. The van der Waals surface area contributed by atoms with Gasteiger partial charge < -0.3 is 10.3 Å². The second kappa shape index (κ2) is 3.58. The lowest BCUT2D eigenvalue weighted by Crippen LogP contribution is -2.23. The molecule has 0 radical (unpaired) electrons. The molecule has 0 amide bonds. The Bertz CT molecular complexity index is 311. The maximum Gasteiger partial charge on any atom is 0.328 e. The Kier molecular flexibility index (Phi) is 2.70.